The Hall–Kier alpha value is -2.16. The van der Waals surface area contributed by atoms with E-state index in [0.717, 1.165) is 12.8 Å². The average molecular weight is 740 g/mol. The molecule has 15 heteroatoms. The molecule has 2 aromatic heterocycles. The number of amides is 1. The Morgan fingerprint density at radius 3 is 2.12 bits per heavy atom. The van der Waals surface area contributed by atoms with Crippen molar-refractivity contribution in [2.45, 2.75) is 154 Å². The largest absolute Gasteiger partial charge is 0.383 e. The first-order chi connectivity index (χ1) is 24.4. The van der Waals surface area contributed by atoms with Gasteiger partial charge in [-0.2, -0.15) is 0 Å². The molecule has 4 rings (SSSR count). The average Bonchev–Trinajstić information content (AvgIpc) is 3.70. The number of hydrogen-bond acceptors (Lipinski definition) is 11. The molecular formula is C36H62N5O9P. The van der Waals surface area contributed by atoms with E-state index in [1.165, 1.54) is 83.2 Å². The number of nitrogens with two attached hydrogens (primary N) is 2. The molecule has 0 radical (unpaired) electrons. The van der Waals surface area contributed by atoms with Crippen LogP contribution in [0.1, 0.15) is 139 Å². The number of nitrogen functional groups attached to an aromatic ring is 1. The quantitative estimate of drug-likeness (QED) is 0.0669. The molecule has 0 bridgehead atoms. The molecule has 1 unspecified atom stereocenters. The van der Waals surface area contributed by atoms with Crippen molar-refractivity contribution < 1.29 is 42.5 Å². The summed E-state index contributed by atoms with van der Waals surface area (Å²) in [5, 5.41) is 0.324. The summed E-state index contributed by atoms with van der Waals surface area (Å²) in [6.45, 7) is 8.70. The first-order valence-corrected chi connectivity index (χ1v) is 20.8. The highest BCUT2D eigenvalue weighted by atomic mass is 31.2. The minimum Gasteiger partial charge on any atom is -0.383 e. The van der Waals surface area contributed by atoms with Crippen LogP contribution in [0.2, 0.25) is 0 Å². The van der Waals surface area contributed by atoms with E-state index in [-0.39, 0.29) is 24.6 Å². The number of ether oxygens (including phenoxy) is 5. The SMILES string of the molecule is CCCCCCCCCCCCCCCCOCCCOP(=O)(O)COC[C@H]1O[C@@H](n2cc(C(N)=O)c3c(N)nc(C)nc32)[C@@H]2OC(C)(C)O[C@@H]21. The zero-order valence-corrected chi connectivity index (χ0v) is 32.1. The molecule has 290 valence electrons. The number of fused-ring (bicyclic) bond motifs is 2. The number of rotatable bonds is 26. The third kappa shape index (κ3) is 12.7. The summed E-state index contributed by atoms with van der Waals surface area (Å²) >= 11 is 0. The summed E-state index contributed by atoms with van der Waals surface area (Å²) in [5.41, 5.74) is 12.3. The first-order valence-electron chi connectivity index (χ1n) is 19.0. The fourth-order valence-corrected chi connectivity index (χ4v) is 7.70. The van der Waals surface area contributed by atoms with Crippen LogP contribution in [0.4, 0.5) is 5.82 Å². The van der Waals surface area contributed by atoms with Gasteiger partial charge in [0.1, 0.15) is 41.9 Å². The van der Waals surface area contributed by atoms with Crippen molar-refractivity contribution in [2.75, 3.05) is 38.5 Å². The second kappa shape index (κ2) is 20.3. The Bertz CT molecular complexity index is 1420. The lowest BCUT2D eigenvalue weighted by Gasteiger charge is -2.25. The van der Waals surface area contributed by atoms with Crippen LogP contribution in [0.15, 0.2) is 6.20 Å². The standard InChI is InChI=1S/C36H62N5O9P/c1-5-6-7-8-9-10-11-12-13-14-15-16-17-18-20-45-21-19-22-47-51(43,44)25-46-24-28-30-31(50-36(3,4)49-30)35(48-28)41-23-27(33(38)42)29-32(37)39-26(2)40-34(29)41/h23,28,30-31,35H,5-22,24-25H2,1-4H3,(H2,38,42)(H,43,44)(H2,37,39,40)/t28-,30-,31-,35-/m1/s1. The zero-order chi connectivity index (χ0) is 36.9. The third-order valence-corrected chi connectivity index (χ3v) is 10.5. The molecule has 0 spiro atoms. The van der Waals surface area contributed by atoms with Crippen LogP contribution in [-0.2, 0) is 32.8 Å². The molecule has 0 aromatic carbocycles. The van der Waals surface area contributed by atoms with E-state index in [4.69, 9.17) is 39.7 Å². The lowest BCUT2D eigenvalue weighted by Crippen LogP contribution is -2.33. The van der Waals surface area contributed by atoms with Crippen molar-refractivity contribution in [1.82, 2.24) is 14.5 Å². The fourth-order valence-electron chi connectivity index (χ4n) is 6.88. The summed E-state index contributed by atoms with van der Waals surface area (Å²) < 4.78 is 49.5. The van der Waals surface area contributed by atoms with Gasteiger partial charge in [0.25, 0.3) is 5.91 Å². The Labute approximate surface area is 303 Å². The van der Waals surface area contributed by atoms with Crippen molar-refractivity contribution in [3.05, 3.63) is 17.6 Å². The van der Waals surface area contributed by atoms with Gasteiger partial charge in [-0.05, 0) is 33.6 Å². The lowest BCUT2D eigenvalue weighted by molar-refractivity contribution is -0.201. The normalized spacial score (nSPS) is 22.5. The van der Waals surface area contributed by atoms with Gasteiger partial charge in [0.15, 0.2) is 12.0 Å². The smallest absolute Gasteiger partial charge is 0.353 e. The maximum atomic E-state index is 12.7. The van der Waals surface area contributed by atoms with Gasteiger partial charge in [-0.15, -0.1) is 0 Å². The molecular weight excluding hydrogens is 677 g/mol. The van der Waals surface area contributed by atoms with Gasteiger partial charge < -0.3 is 49.1 Å². The van der Waals surface area contributed by atoms with Gasteiger partial charge in [0, 0.05) is 19.4 Å². The molecule has 51 heavy (non-hydrogen) atoms. The topological polar surface area (TPSA) is 192 Å². The minimum atomic E-state index is -4.01. The maximum Gasteiger partial charge on any atom is 0.353 e. The van der Waals surface area contributed by atoms with Crippen molar-refractivity contribution in [3.8, 4) is 0 Å². The van der Waals surface area contributed by atoms with E-state index in [1.807, 2.05) is 0 Å². The second-order valence-electron chi connectivity index (χ2n) is 14.3. The van der Waals surface area contributed by atoms with Crippen LogP contribution in [0.5, 0.6) is 0 Å². The van der Waals surface area contributed by atoms with Crippen molar-refractivity contribution in [3.63, 3.8) is 0 Å². The Morgan fingerprint density at radius 2 is 1.49 bits per heavy atom. The third-order valence-electron chi connectivity index (χ3n) is 9.38. The van der Waals surface area contributed by atoms with E-state index in [1.54, 1.807) is 25.3 Å². The van der Waals surface area contributed by atoms with E-state index in [2.05, 4.69) is 16.9 Å². The minimum absolute atomic E-state index is 0.0641. The van der Waals surface area contributed by atoms with Gasteiger partial charge in [-0.3, -0.25) is 9.36 Å². The van der Waals surface area contributed by atoms with E-state index >= 15 is 0 Å². The van der Waals surface area contributed by atoms with Gasteiger partial charge in [-0.1, -0.05) is 90.4 Å². The van der Waals surface area contributed by atoms with Gasteiger partial charge in [0.2, 0.25) is 0 Å². The number of primary amides is 1. The number of carbonyl (C=O) groups is 1. The number of hydrogen-bond donors (Lipinski definition) is 3. The number of carbonyl (C=O) groups excluding carboxylic acids is 1. The summed E-state index contributed by atoms with van der Waals surface area (Å²) in [7, 11) is -4.01. The number of nitrogens with zero attached hydrogens (tertiary/aromatic N) is 3. The van der Waals surface area contributed by atoms with Crippen molar-refractivity contribution >= 4 is 30.4 Å². The first kappa shape index (κ1) is 41.6. The van der Waals surface area contributed by atoms with Crippen LogP contribution in [-0.4, -0.2) is 82.2 Å². The molecule has 2 aliphatic rings. The molecule has 1 amide bonds. The van der Waals surface area contributed by atoms with Crippen molar-refractivity contribution in [2.24, 2.45) is 5.73 Å². The predicted octanol–water partition coefficient (Wildman–Crippen LogP) is 6.90. The van der Waals surface area contributed by atoms with Crippen LogP contribution < -0.4 is 11.5 Å². The summed E-state index contributed by atoms with van der Waals surface area (Å²) in [6, 6.07) is 0. The zero-order valence-electron chi connectivity index (χ0n) is 31.2. The number of unbranched alkanes of at least 4 members (excludes halogenated alkanes) is 13. The molecule has 4 heterocycles. The van der Waals surface area contributed by atoms with Gasteiger partial charge in [-0.25, -0.2) is 9.97 Å². The number of aromatic nitrogens is 3. The van der Waals surface area contributed by atoms with Gasteiger partial charge >= 0.3 is 7.60 Å². The fraction of sp³-hybridized carbons (Fsp3) is 0.806. The molecule has 2 fully saturated rings. The van der Waals surface area contributed by atoms with Crippen LogP contribution in [0, 0.1) is 6.92 Å². The van der Waals surface area contributed by atoms with E-state index < -0.39 is 50.2 Å². The van der Waals surface area contributed by atoms with Crippen LogP contribution in [0.3, 0.4) is 0 Å². The molecule has 2 aliphatic heterocycles. The van der Waals surface area contributed by atoms with Gasteiger partial charge in [0.05, 0.1) is 24.2 Å². The molecule has 14 nitrogen and oxygen atoms in total. The highest BCUT2D eigenvalue weighted by molar-refractivity contribution is 7.52. The molecule has 0 aliphatic carbocycles. The highest BCUT2D eigenvalue weighted by Gasteiger charge is 2.56. The van der Waals surface area contributed by atoms with Crippen LogP contribution in [0.25, 0.3) is 11.0 Å². The van der Waals surface area contributed by atoms with E-state index in [9.17, 15) is 14.3 Å². The summed E-state index contributed by atoms with van der Waals surface area (Å²) in [4.78, 5) is 31.3. The Kier molecular flexibility index (Phi) is 16.6. The van der Waals surface area contributed by atoms with Crippen molar-refractivity contribution in [1.29, 1.82) is 0 Å². The molecule has 5 atom stereocenters. The Balaban J connectivity index is 1.10. The second-order valence-corrected chi connectivity index (χ2v) is 16.1. The van der Waals surface area contributed by atoms with E-state index in [0.29, 0.717) is 36.5 Å². The maximum absolute atomic E-state index is 12.7. The van der Waals surface area contributed by atoms with Crippen LogP contribution >= 0.6 is 7.60 Å². The lowest BCUT2D eigenvalue weighted by atomic mass is 10.0. The molecule has 5 N–H and O–H groups in total. The number of anilines is 1. The summed E-state index contributed by atoms with van der Waals surface area (Å²) in [6.07, 6.45) is 17.3. The highest BCUT2D eigenvalue weighted by Crippen LogP contribution is 2.46. The summed E-state index contributed by atoms with van der Waals surface area (Å²) in [5.74, 6) is -1.09. The Morgan fingerprint density at radius 1 is 0.902 bits per heavy atom. The molecule has 2 saturated heterocycles. The number of aryl methyl sites for hydroxylation is 1. The monoisotopic (exact) mass is 739 g/mol. The molecule has 0 saturated carbocycles. The molecule has 2 aromatic rings. The predicted molar refractivity (Wildman–Crippen MR) is 195 cm³/mol.